The second-order valence-electron chi connectivity index (χ2n) is 12.3. The topological polar surface area (TPSA) is 108 Å². The number of alkyl carbamates (subject to hydrolysis) is 1. The van der Waals surface area contributed by atoms with Crippen LogP contribution in [0.4, 0.5) is 4.79 Å². The van der Waals surface area contributed by atoms with Gasteiger partial charge in [-0.3, -0.25) is 9.59 Å². The Morgan fingerprint density at radius 1 is 0.951 bits per heavy atom. The molecule has 226 valence electrons. The van der Waals surface area contributed by atoms with Gasteiger partial charge in [0.15, 0.2) is 0 Å². The molecule has 0 radical (unpaired) electrons. The van der Waals surface area contributed by atoms with Crippen molar-refractivity contribution in [2.24, 2.45) is 11.8 Å². The lowest BCUT2D eigenvalue weighted by Crippen LogP contribution is -2.57. The summed E-state index contributed by atoms with van der Waals surface area (Å²) in [6.45, 7) is 15.6. The van der Waals surface area contributed by atoms with Crippen LogP contribution in [0.2, 0.25) is 0 Å². The first-order valence-electron chi connectivity index (χ1n) is 14.7. The van der Waals surface area contributed by atoms with Gasteiger partial charge in [0.2, 0.25) is 11.8 Å². The van der Waals surface area contributed by atoms with Crippen molar-refractivity contribution in [3.63, 3.8) is 0 Å². The number of phenols is 1. The van der Waals surface area contributed by atoms with Crippen molar-refractivity contribution in [2.45, 2.75) is 105 Å². The summed E-state index contributed by atoms with van der Waals surface area (Å²) in [6, 6.07) is 13.7. The lowest BCUT2D eigenvalue weighted by atomic mass is 9.93. The minimum Gasteiger partial charge on any atom is -0.508 e. The normalized spacial score (nSPS) is 14.5. The first kappa shape index (κ1) is 33.7. The maximum Gasteiger partial charge on any atom is 0.408 e. The molecule has 4 unspecified atom stereocenters. The molecule has 3 amide bonds. The largest absolute Gasteiger partial charge is 0.508 e. The number of carbonyl (C=O) groups excluding carboxylic acids is 3. The summed E-state index contributed by atoms with van der Waals surface area (Å²) in [5.41, 5.74) is 0.671. The Balaban J connectivity index is 2.58. The van der Waals surface area contributed by atoms with Crippen molar-refractivity contribution in [1.29, 1.82) is 0 Å². The van der Waals surface area contributed by atoms with Crippen molar-refractivity contribution in [3.8, 4) is 5.75 Å². The van der Waals surface area contributed by atoms with Gasteiger partial charge < -0.3 is 25.4 Å². The molecule has 0 spiro atoms. The van der Waals surface area contributed by atoms with Crippen molar-refractivity contribution >= 4 is 17.9 Å². The molecule has 2 aromatic carbocycles. The van der Waals surface area contributed by atoms with E-state index in [2.05, 4.69) is 24.5 Å². The molecule has 3 N–H and O–H groups in total. The Morgan fingerprint density at radius 3 is 2.17 bits per heavy atom. The van der Waals surface area contributed by atoms with Crippen molar-refractivity contribution < 1.29 is 24.2 Å². The van der Waals surface area contributed by atoms with Crippen LogP contribution in [0, 0.1) is 11.8 Å². The van der Waals surface area contributed by atoms with Crippen LogP contribution in [0.1, 0.15) is 91.8 Å². The van der Waals surface area contributed by atoms with Gasteiger partial charge in [-0.05, 0) is 75.6 Å². The summed E-state index contributed by atoms with van der Waals surface area (Å²) >= 11 is 0. The van der Waals surface area contributed by atoms with Gasteiger partial charge in [-0.1, -0.05) is 76.6 Å². The highest BCUT2D eigenvalue weighted by atomic mass is 16.6. The third-order valence-electron chi connectivity index (χ3n) is 7.06. The van der Waals surface area contributed by atoms with Gasteiger partial charge in [-0.2, -0.15) is 0 Å². The zero-order valence-electron chi connectivity index (χ0n) is 25.9. The zero-order chi connectivity index (χ0) is 30.7. The number of hydrogen-bond donors (Lipinski definition) is 3. The molecule has 0 aromatic heterocycles. The summed E-state index contributed by atoms with van der Waals surface area (Å²) in [7, 11) is 0. The average Bonchev–Trinajstić information content (AvgIpc) is 2.90. The molecule has 2 aromatic rings. The van der Waals surface area contributed by atoms with Crippen LogP contribution in [-0.2, 0) is 20.9 Å². The molecule has 8 nitrogen and oxygen atoms in total. The fourth-order valence-electron chi connectivity index (χ4n) is 4.61. The van der Waals surface area contributed by atoms with Crippen molar-refractivity contribution in [1.82, 2.24) is 15.5 Å². The van der Waals surface area contributed by atoms with Crippen LogP contribution in [0.15, 0.2) is 54.6 Å². The fraction of sp³-hybridized carbons (Fsp3) is 0.545. The highest BCUT2D eigenvalue weighted by molar-refractivity contribution is 5.92. The molecule has 0 aliphatic heterocycles. The summed E-state index contributed by atoms with van der Waals surface area (Å²) in [6.07, 6.45) is 1.44. The number of nitrogens with one attached hydrogen (secondary N) is 2. The summed E-state index contributed by atoms with van der Waals surface area (Å²) < 4.78 is 5.49. The Labute approximate surface area is 245 Å². The number of aromatic hydroxyl groups is 1. The highest BCUT2D eigenvalue weighted by Gasteiger charge is 2.40. The highest BCUT2D eigenvalue weighted by Crippen LogP contribution is 2.30. The fourth-order valence-corrected chi connectivity index (χ4v) is 4.61. The number of ether oxygens (including phenoxy) is 1. The number of phenolic OH excluding ortho intramolecular Hbond substituents is 1. The molecular formula is C33H49N3O5. The minimum atomic E-state index is -1.03. The second kappa shape index (κ2) is 15.5. The molecule has 0 heterocycles. The zero-order valence-corrected chi connectivity index (χ0v) is 25.9. The van der Waals surface area contributed by atoms with Crippen LogP contribution in [0.3, 0.4) is 0 Å². The van der Waals surface area contributed by atoms with Gasteiger partial charge in [-0.25, -0.2) is 4.79 Å². The van der Waals surface area contributed by atoms with Gasteiger partial charge in [-0.15, -0.1) is 0 Å². The van der Waals surface area contributed by atoms with Gasteiger partial charge in [0, 0.05) is 12.6 Å². The van der Waals surface area contributed by atoms with Crippen molar-refractivity contribution in [3.05, 3.63) is 65.7 Å². The molecule has 0 saturated heterocycles. The Morgan fingerprint density at radius 2 is 1.61 bits per heavy atom. The van der Waals surface area contributed by atoms with E-state index in [1.54, 1.807) is 37.8 Å². The van der Waals surface area contributed by atoms with Gasteiger partial charge in [0.1, 0.15) is 23.4 Å². The first-order valence-corrected chi connectivity index (χ1v) is 14.7. The van der Waals surface area contributed by atoms with Crippen LogP contribution in [0.5, 0.6) is 5.75 Å². The standard InChI is InChI=1S/C33H49N3O5/c1-9-23(4)28(35-32(40)41-33(6,7)8)31(39)36(24(5)19-18-22(2)3)29(26-16-13-17-27(37)20-26)30(38)34-21-25-14-11-10-12-15-25/h10-17,20,22-24,28-29,37H,9,18-19,21H2,1-8H3,(H,34,38)(H,35,40). The molecule has 2 rings (SSSR count). The van der Waals surface area contributed by atoms with E-state index in [0.717, 1.165) is 12.0 Å². The minimum absolute atomic E-state index is 0.00375. The second-order valence-corrected chi connectivity index (χ2v) is 12.3. The van der Waals surface area contributed by atoms with Gasteiger partial charge in [0.25, 0.3) is 0 Å². The number of carbonyl (C=O) groups is 3. The molecule has 41 heavy (non-hydrogen) atoms. The third-order valence-corrected chi connectivity index (χ3v) is 7.06. The number of hydrogen-bond acceptors (Lipinski definition) is 5. The summed E-state index contributed by atoms with van der Waals surface area (Å²) in [4.78, 5) is 43.0. The molecule has 4 atom stereocenters. The van der Waals surface area contributed by atoms with Crippen LogP contribution in [-0.4, -0.2) is 45.6 Å². The molecule has 8 heteroatoms. The van der Waals surface area contributed by atoms with Crippen molar-refractivity contribution in [2.75, 3.05) is 0 Å². The van der Waals surface area contributed by atoms with E-state index in [-0.39, 0.29) is 36.1 Å². The van der Waals surface area contributed by atoms with E-state index >= 15 is 0 Å². The molecule has 0 aliphatic rings. The molecular weight excluding hydrogens is 518 g/mol. The third kappa shape index (κ3) is 10.7. The average molecular weight is 568 g/mol. The Kier molecular flexibility index (Phi) is 12.7. The van der Waals surface area contributed by atoms with Crippen LogP contribution < -0.4 is 10.6 Å². The number of amides is 3. The van der Waals surface area contributed by atoms with Gasteiger partial charge >= 0.3 is 6.09 Å². The molecule has 0 aliphatic carbocycles. The Bertz CT molecular complexity index is 1130. The number of nitrogens with zero attached hydrogens (tertiary/aromatic N) is 1. The van der Waals surface area contributed by atoms with E-state index in [1.165, 1.54) is 12.1 Å². The van der Waals surface area contributed by atoms with E-state index in [9.17, 15) is 19.5 Å². The van der Waals surface area contributed by atoms with Crippen LogP contribution in [0.25, 0.3) is 0 Å². The summed E-state index contributed by atoms with van der Waals surface area (Å²) in [5.74, 6) is -0.581. The Hall–Kier alpha value is -3.55. The maximum absolute atomic E-state index is 14.5. The maximum atomic E-state index is 14.5. The lowest BCUT2D eigenvalue weighted by Gasteiger charge is -2.40. The lowest BCUT2D eigenvalue weighted by molar-refractivity contribution is -0.146. The molecule has 0 fully saturated rings. The smallest absolute Gasteiger partial charge is 0.408 e. The predicted octanol–water partition coefficient (Wildman–Crippen LogP) is 6.34. The van der Waals surface area contributed by atoms with E-state index in [4.69, 9.17) is 4.74 Å². The number of benzene rings is 2. The van der Waals surface area contributed by atoms with E-state index < -0.39 is 23.8 Å². The van der Waals surface area contributed by atoms with E-state index in [0.29, 0.717) is 24.3 Å². The van der Waals surface area contributed by atoms with Gasteiger partial charge in [0.05, 0.1) is 0 Å². The first-order chi connectivity index (χ1) is 19.2. The quantitative estimate of drug-likeness (QED) is 0.262. The van der Waals surface area contributed by atoms with Crippen LogP contribution >= 0.6 is 0 Å². The monoisotopic (exact) mass is 567 g/mol. The SMILES string of the molecule is CCC(C)C(NC(=O)OC(C)(C)C)C(=O)N(C(C)CCC(C)C)C(C(=O)NCc1ccccc1)c1cccc(O)c1. The van der Waals surface area contributed by atoms with E-state index in [1.807, 2.05) is 51.1 Å². The molecule has 0 saturated carbocycles. The number of rotatable bonds is 13. The summed E-state index contributed by atoms with van der Waals surface area (Å²) in [5, 5.41) is 16.1. The molecule has 0 bridgehead atoms. The predicted molar refractivity (Wildman–Crippen MR) is 162 cm³/mol.